The van der Waals surface area contributed by atoms with E-state index < -0.39 is 16.9 Å². The molecule has 0 fully saturated rings. The lowest BCUT2D eigenvalue weighted by Gasteiger charge is -2.26. The number of hydrogen-bond donors (Lipinski definition) is 0. The van der Waals surface area contributed by atoms with E-state index in [0.717, 1.165) is 5.56 Å². The van der Waals surface area contributed by atoms with Crippen molar-refractivity contribution in [2.75, 3.05) is 27.9 Å². The van der Waals surface area contributed by atoms with Crippen molar-refractivity contribution in [3.63, 3.8) is 0 Å². The van der Waals surface area contributed by atoms with Crippen LogP contribution in [0.15, 0.2) is 105 Å². The molecule has 5 aromatic rings. The smallest absolute Gasteiger partial charge is 0.338 e. The van der Waals surface area contributed by atoms with Gasteiger partial charge in [0.05, 0.1) is 59.2 Å². The number of methoxy groups -OCH3 is 3. The van der Waals surface area contributed by atoms with Crippen LogP contribution in [0.3, 0.4) is 0 Å². The number of carbonyl (C=O) groups is 1. The quantitative estimate of drug-likeness (QED) is 0.0820. The van der Waals surface area contributed by atoms with E-state index >= 15 is 0 Å². The van der Waals surface area contributed by atoms with Crippen molar-refractivity contribution in [2.24, 2.45) is 4.99 Å². The van der Waals surface area contributed by atoms with Crippen molar-refractivity contribution in [2.45, 2.75) is 19.6 Å². The molecular weight excluding hydrogens is 754 g/mol. The van der Waals surface area contributed by atoms with Crippen LogP contribution in [0.4, 0.5) is 5.69 Å². The van der Waals surface area contributed by atoms with Gasteiger partial charge < -0.3 is 23.7 Å². The Hall–Kier alpha value is -5.73. The van der Waals surface area contributed by atoms with E-state index in [1.54, 1.807) is 55.5 Å². The lowest BCUT2D eigenvalue weighted by Crippen LogP contribution is -2.40. The number of ether oxygens (including phenoxy) is 5. The van der Waals surface area contributed by atoms with Gasteiger partial charge in [-0.3, -0.25) is 19.5 Å². The highest BCUT2D eigenvalue weighted by Gasteiger charge is 2.35. The number of rotatable bonds is 12. The second kappa shape index (κ2) is 15.7. The molecule has 0 saturated heterocycles. The zero-order chi connectivity index (χ0) is 36.9. The summed E-state index contributed by atoms with van der Waals surface area (Å²) in [5.41, 5.74) is 2.86. The third-order valence-corrected chi connectivity index (χ3v) is 9.75. The third kappa shape index (κ3) is 7.20. The van der Waals surface area contributed by atoms with Gasteiger partial charge >= 0.3 is 5.97 Å². The van der Waals surface area contributed by atoms with Gasteiger partial charge in [0.2, 0.25) is 0 Å². The minimum Gasteiger partial charge on any atom is -0.493 e. The summed E-state index contributed by atoms with van der Waals surface area (Å²) < 4.78 is 30.8. The normalized spacial score (nSPS) is 13.9. The Morgan fingerprint density at radius 2 is 1.67 bits per heavy atom. The van der Waals surface area contributed by atoms with Gasteiger partial charge in [0.15, 0.2) is 27.8 Å². The van der Waals surface area contributed by atoms with Crippen LogP contribution in [0, 0.1) is 10.1 Å². The first-order chi connectivity index (χ1) is 25.2. The summed E-state index contributed by atoms with van der Waals surface area (Å²) in [6, 6.07) is 23.2. The van der Waals surface area contributed by atoms with E-state index in [0.29, 0.717) is 59.2 Å². The number of esters is 1. The Kier molecular flexibility index (Phi) is 10.9. The van der Waals surface area contributed by atoms with Crippen LogP contribution < -0.4 is 33.8 Å². The first kappa shape index (κ1) is 36.1. The predicted octanol–water partition coefficient (Wildman–Crippen LogP) is 6.21. The van der Waals surface area contributed by atoms with Crippen LogP contribution in [0.2, 0.25) is 0 Å². The van der Waals surface area contributed by atoms with Crippen LogP contribution in [-0.2, 0) is 16.1 Å². The number of aromatic nitrogens is 1. The summed E-state index contributed by atoms with van der Waals surface area (Å²) in [5.74, 6) is 1.13. The number of hydrogen-bond acceptors (Lipinski definition) is 11. The van der Waals surface area contributed by atoms with E-state index in [1.807, 2.05) is 30.3 Å². The fraction of sp³-hybridized carbons (Fsp3) is 0.184. The van der Waals surface area contributed by atoms with E-state index in [4.69, 9.17) is 28.7 Å². The van der Waals surface area contributed by atoms with E-state index in [9.17, 15) is 19.7 Å². The molecule has 0 amide bonds. The molecular formula is C38H32BrN3O9S. The molecule has 1 aliphatic rings. The van der Waals surface area contributed by atoms with Crippen LogP contribution in [0.5, 0.6) is 23.0 Å². The Labute approximate surface area is 310 Å². The molecule has 0 radical (unpaired) electrons. The van der Waals surface area contributed by atoms with E-state index in [-0.39, 0.29) is 30.0 Å². The van der Waals surface area contributed by atoms with Crippen LogP contribution in [0.25, 0.3) is 11.8 Å². The number of nitrogens with zero attached hydrogens (tertiary/aromatic N) is 3. The number of nitro groups is 1. The Morgan fingerprint density at radius 1 is 0.962 bits per heavy atom. The predicted molar refractivity (Wildman–Crippen MR) is 199 cm³/mol. The molecule has 6 rings (SSSR count). The topological polar surface area (TPSA) is 141 Å². The molecule has 14 heteroatoms. The van der Waals surface area contributed by atoms with Gasteiger partial charge in [0.25, 0.3) is 11.2 Å². The highest BCUT2D eigenvalue weighted by Crippen LogP contribution is 2.39. The van der Waals surface area contributed by atoms with E-state index in [1.165, 1.54) is 49.4 Å². The number of halogens is 1. The summed E-state index contributed by atoms with van der Waals surface area (Å²) in [6.07, 6.45) is 1.72. The van der Waals surface area contributed by atoms with Crippen molar-refractivity contribution in [1.29, 1.82) is 0 Å². The second-order valence-corrected chi connectivity index (χ2v) is 13.2. The van der Waals surface area contributed by atoms with Gasteiger partial charge in [-0.15, -0.1) is 0 Å². The first-order valence-electron chi connectivity index (χ1n) is 15.9. The Balaban J connectivity index is 1.48. The molecule has 0 bridgehead atoms. The number of fused-ring (bicyclic) bond motifs is 1. The van der Waals surface area contributed by atoms with Crippen molar-refractivity contribution in [3.8, 4) is 23.0 Å². The molecule has 0 aliphatic carbocycles. The fourth-order valence-corrected chi connectivity index (χ4v) is 7.34. The standard InChI is InChI=1S/C38H32BrN3O9S/c1-5-50-37(44)32-33(24-9-7-6-8-10-24)40-38-41(34(32)25-13-16-28(47-2)29(20-25)48-3)36(43)31(52-38)19-23-17-27(39)35(30(18-23)49-4)51-21-22-11-14-26(15-12-22)42(45)46/h6-20,34H,5,21H2,1-4H3/b31-19-/t34-/m0/s1. The number of thiazole rings is 1. The maximum Gasteiger partial charge on any atom is 0.338 e. The summed E-state index contributed by atoms with van der Waals surface area (Å²) in [4.78, 5) is 44.1. The largest absolute Gasteiger partial charge is 0.493 e. The zero-order valence-corrected chi connectivity index (χ0v) is 30.9. The maximum absolute atomic E-state index is 14.4. The minimum atomic E-state index is -0.913. The minimum absolute atomic E-state index is 0.0133. The van der Waals surface area contributed by atoms with Gasteiger partial charge in [0.1, 0.15) is 6.61 Å². The number of non-ortho nitro benzene ring substituents is 1. The van der Waals surface area contributed by atoms with Gasteiger partial charge in [-0.2, -0.15) is 0 Å². The molecule has 266 valence electrons. The molecule has 1 aliphatic heterocycles. The van der Waals surface area contributed by atoms with Crippen molar-refractivity contribution in [3.05, 3.63) is 147 Å². The third-order valence-electron chi connectivity index (χ3n) is 8.18. The first-order valence-corrected chi connectivity index (χ1v) is 17.5. The average Bonchev–Trinajstić information content (AvgIpc) is 3.47. The summed E-state index contributed by atoms with van der Waals surface area (Å²) in [7, 11) is 4.55. The molecule has 1 aromatic heterocycles. The van der Waals surface area contributed by atoms with Crippen molar-refractivity contribution < 1.29 is 33.4 Å². The highest BCUT2D eigenvalue weighted by molar-refractivity contribution is 9.10. The monoisotopic (exact) mass is 785 g/mol. The van der Waals surface area contributed by atoms with Crippen LogP contribution in [-0.4, -0.2) is 43.4 Å². The average molecular weight is 787 g/mol. The lowest BCUT2D eigenvalue weighted by molar-refractivity contribution is -0.384. The molecule has 0 N–H and O–H groups in total. The fourth-order valence-electron chi connectivity index (χ4n) is 5.76. The van der Waals surface area contributed by atoms with Gasteiger partial charge in [-0.25, -0.2) is 9.79 Å². The Bertz CT molecular complexity index is 2370. The number of carbonyl (C=O) groups excluding carboxylic acids is 1. The van der Waals surface area contributed by atoms with Gasteiger partial charge in [-0.05, 0) is 82.0 Å². The van der Waals surface area contributed by atoms with Gasteiger partial charge in [0, 0.05) is 17.7 Å². The summed E-state index contributed by atoms with van der Waals surface area (Å²) >= 11 is 4.76. The zero-order valence-electron chi connectivity index (χ0n) is 28.5. The molecule has 12 nitrogen and oxygen atoms in total. The second-order valence-electron chi connectivity index (χ2n) is 11.3. The number of benzene rings is 4. The SMILES string of the molecule is CCOC(=O)C1=C(c2ccccc2)N=c2s/c(=C\c3cc(Br)c(OCc4ccc([N+](=O)[O-])cc4)c(OC)c3)c(=O)n2[C@H]1c1ccc(OC)c(OC)c1. The Morgan fingerprint density at radius 3 is 2.33 bits per heavy atom. The summed E-state index contributed by atoms with van der Waals surface area (Å²) in [6.45, 7) is 1.98. The van der Waals surface area contributed by atoms with Crippen LogP contribution in [0.1, 0.15) is 35.2 Å². The number of nitro benzene ring substituents is 1. The molecule has 1 atom stereocenters. The van der Waals surface area contributed by atoms with Gasteiger partial charge in [-0.1, -0.05) is 47.7 Å². The maximum atomic E-state index is 14.4. The van der Waals surface area contributed by atoms with Crippen molar-refractivity contribution >= 4 is 50.7 Å². The molecule has 0 saturated carbocycles. The molecule has 0 spiro atoms. The molecule has 2 heterocycles. The van der Waals surface area contributed by atoms with E-state index in [2.05, 4.69) is 15.9 Å². The summed E-state index contributed by atoms with van der Waals surface area (Å²) in [5, 5.41) is 11.0. The molecule has 0 unspecified atom stereocenters. The van der Waals surface area contributed by atoms with Crippen molar-refractivity contribution in [1.82, 2.24) is 4.57 Å². The lowest BCUT2D eigenvalue weighted by atomic mass is 9.93. The molecule has 4 aromatic carbocycles. The van der Waals surface area contributed by atoms with Crippen LogP contribution >= 0.6 is 27.3 Å². The molecule has 52 heavy (non-hydrogen) atoms. The highest BCUT2D eigenvalue weighted by atomic mass is 79.9.